The summed E-state index contributed by atoms with van der Waals surface area (Å²) in [7, 11) is 3.60. The van der Waals surface area contributed by atoms with E-state index in [2.05, 4.69) is 0 Å². The summed E-state index contributed by atoms with van der Waals surface area (Å²) in [4.78, 5) is 0. The molecule has 0 aliphatic heterocycles. The van der Waals surface area contributed by atoms with Gasteiger partial charge in [0.15, 0.2) is 0 Å². The molecule has 0 heterocycles. The highest BCUT2D eigenvalue weighted by Gasteiger charge is 2.19. The van der Waals surface area contributed by atoms with Crippen molar-refractivity contribution in [2.45, 2.75) is 32.1 Å². The normalized spacial score (nSPS) is 30.0. The Hall–Kier alpha value is -0.0800. The molecule has 2 atom stereocenters. The Morgan fingerprint density at radius 2 is 1.38 bits per heavy atom. The van der Waals surface area contributed by atoms with Crippen LogP contribution in [0.25, 0.3) is 0 Å². The smallest absolute Gasteiger partial charge is 0.0490 e. The second-order valence-corrected chi connectivity index (χ2v) is 4.16. The van der Waals surface area contributed by atoms with E-state index in [1.165, 1.54) is 32.1 Å². The third-order valence-electron chi connectivity index (χ3n) is 2.95. The van der Waals surface area contributed by atoms with Gasteiger partial charge in [0.2, 0.25) is 0 Å². The van der Waals surface area contributed by atoms with E-state index in [4.69, 9.17) is 9.47 Å². The van der Waals surface area contributed by atoms with Gasteiger partial charge < -0.3 is 9.47 Å². The van der Waals surface area contributed by atoms with Crippen LogP contribution in [0.3, 0.4) is 0 Å². The number of methoxy groups -OCH3 is 2. The van der Waals surface area contributed by atoms with Crippen LogP contribution in [0.1, 0.15) is 32.1 Å². The Morgan fingerprint density at radius 3 is 1.77 bits per heavy atom. The molecule has 1 saturated carbocycles. The van der Waals surface area contributed by atoms with Crippen molar-refractivity contribution in [3.05, 3.63) is 0 Å². The fraction of sp³-hybridized carbons (Fsp3) is 1.00. The van der Waals surface area contributed by atoms with Crippen molar-refractivity contribution in [1.29, 1.82) is 0 Å². The Kier molecular flexibility index (Phi) is 5.40. The van der Waals surface area contributed by atoms with E-state index in [9.17, 15) is 0 Å². The average molecular weight is 186 g/mol. The summed E-state index contributed by atoms with van der Waals surface area (Å²) < 4.78 is 10.4. The summed E-state index contributed by atoms with van der Waals surface area (Å²) in [5, 5.41) is 0. The van der Waals surface area contributed by atoms with Gasteiger partial charge in [0.1, 0.15) is 0 Å². The van der Waals surface area contributed by atoms with Gasteiger partial charge in [-0.25, -0.2) is 0 Å². The van der Waals surface area contributed by atoms with E-state index in [0.29, 0.717) is 0 Å². The fourth-order valence-corrected chi connectivity index (χ4v) is 2.35. The van der Waals surface area contributed by atoms with Gasteiger partial charge in [0.05, 0.1) is 0 Å². The minimum Gasteiger partial charge on any atom is -0.384 e. The molecule has 0 radical (unpaired) electrons. The van der Waals surface area contributed by atoms with Crippen molar-refractivity contribution in [2.24, 2.45) is 11.8 Å². The van der Waals surface area contributed by atoms with Gasteiger partial charge in [0, 0.05) is 27.4 Å². The number of hydrogen-bond donors (Lipinski definition) is 0. The molecule has 1 aliphatic rings. The second kappa shape index (κ2) is 6.39. The lowest BCUT2D eigenvalue weighted by Crippen LogP contribution is -2.14. The molecule has 1 rings (SSSR count). The third kappa shape index (κ3) is 4.10. The van der Waals surface area contributed by atoms with Crippen LogP contribution in [-0.4, -0.2) is 27.4 Å². The molecule has 0 N–H and O–H groups in total. The van der Waals surface area contributed by atoms with Crippen molar-refractivity contribution in [3.8, 4) is 0 Å². The van der Waals surface area contributed by atoms with Gasteiger partial charge in [-0.05, 0) is 31.1 Å². The standard InChI is InChI=1S/C11H22O2/c1-12-8-10-5-3-4-6-11(7-10)9-13-2/h10-11H,3-9H2,1-2H3. The summed E-state index contributed by atoms with van der Waals surface area (Å²) in [6.07, 6.45) is 6.71. The van der Waals surface area contributed by atoms with Gasteiger partial charge >= 0.3 is 0 Å². The van der Waals surface area contributed by atoms with E-state index >= 15 is 0 Å². The van der Waals surface area contributed by atoms with Crippen LogP contribution in [-0.2, 0) is 9.47 Å². The second-order valence-electron chi connectivity index (χ2n) is 4.16. The summed E-state index contributed by atoms with van der Waals surface area (Å²) in [5.74, 6) is 1.54. The van der Waals surface area contributed by atoms with Crippen LogP contribution in [0.2, 0.25) is 0 Å². The zero-order valence-electron chi connectivity index (χ0n) is 8.92. The highest BCUT2D eigenvalue weighted by Crippen LogP contribution is 2.27. The molecule has 2 unspecified atom stereocenters. The van der Waals surface area contributed by atoms with E-state index in [-0.39, 0.29) is 0 Å². The lowest BCUT2D eigenvalue weighted by atomic mass is 9.94. The fourth-order valence-electron chi connectivity index (χ4n) is 2.35. The van der Waals surface area contributed by atoms with Crippen molar-refractivity contribution in [3.63, 3.8) is 0 Å². The molecular weight excluding hydrogens is 164 g/mol. The molecule has 0 bridgehead atoms. The average Bonchev–Trinajstić information content (AvgIpc) is 2.32. The minimum atomic E-state index is 0.771. The van der Waals surface area contributed by atoms with Gasteiger partial charge in [-0.15, -0.1) is 0 Å². The SMILES string of the molecule is COCC1CCCCC(COC)C1. The van der Waals surface area contributed by atoms with Crippen LogP contribution in [0, 0.1) is 11.8 Å². The zero-order valence-corrected chi connectivity index (χ0v) is 8.92. The van der Waals surface area contributed by atoms with E-state index in [1.54, 1.807) is 14.2 Å². The summed E-state index contributed by atoms with van der Waals surface area (Å²) in [5.41, 5.74) is 0. The highest BCUT2D eigenvalue weighted by atomic mass is 16.5. The Morgan fingerprint density at radius 1 is 0.923 bits per heavy atom. The molecule has 0 saturated heterocycles. The maximum Gasteiger partial charge on any atom is 0.0490 e. The van der Waals surface area contributed by atoms with Crippen molar-refractivity contribution in [1.82, 2.24) is 0 Å². The lowest BCUT2D eigenvalue weighted by molar-refractivity contribution is 0.107. The Bertz CT molecular complexity index is 111. The Balaban J connectivity index is 2.30. The van der Waals surface area contributed by atoms with Crippen LogP contribution in [0.15, 0.2) is 0 Å². The van der Waals surface area contributed by atoms with Crippen LogP contribution < -0.4 is 0 Å². The van der Waals surface area contributed by atoms with Crippen LogP contribution >= 0.6 is 0 Å². The first kappa shape index (κ1) is 11.0. The maximum absolute atomic E-state index is 5.22. The van der Waals surface area contributed by atoms with Gasteiger partial charge in [-0.2, -0.15) is 0 Å². The molecular formula is C11H22O2. The van der Waals surface area contributed by atoms with Crippen LogP contribution in [0.4, 0.5) is 0 Å². The molecule has 0 spiro atoms. The topological polar surface area (TPSA) is 18.5 Å². The third-order valence-corrected chi connectivity index (χ3v) is 2.95. The largest absolute Gasteiger partial charge is 0.384 e. The summed E-state index contributed by atoms with van der Waals surface area (Å²) in [6, 6.07) is 0. The first-order chi connectivity index (χ1) is 6.36. The van der Waals surface area contributed by atoms with Crippen LogP contribution in [0.5, 0.6) is 0 Å². The van der Waals surface area contributed by atoms with Crippen molar-refractivity contribution < 1.29 is 9.47 Å². The van der Waals surface area contributed by atoms with E-state index < -0.39 is 0 Å². The Labute approximate surface area is 81.6 Å². The monoisotopic (exact) mass is 186 g/mol. The molecule has 13 heavy (non-hydrogen) atoms. The predicted molar refractivity (Wildman–Crippen MR) is 53.8 cm³/mol. The van der Waals surface area contributed by atoms with E-state index in [1.807, 2.05) is 0 Å². The zero-order chi connectivity index (χ0) is 9.52. The van der Waals surface area contributed by atoms with Gasteiger partial charge in [0.25, 0.3) is 0 Å². The molecule has 2 heteroatoms. The number of ether oxygens (including phenoxy) is 2. The lowest BCUT2D eigenvalue weighted by Gasteiger charge is -2.18. The molecule has 0 aromatic heterocycles. The number of hydrogen-bond acceptors (Lipinski definition) is 2. The number of rotatable bonds is 4. The van der Waals surface area contributed by atoms with Gasteiger partial charge in [-0.1, -0.05) is 12.8 Å². The molecule has 0 aromatic carbocycles. The maximum atomic E-state index is 5.22. The van der Waals surface area contributed by atoms with Crippen molar-refractivity contribution in [2.75, 3.05) is 27.4 Å². The molecule has 2 nitrogen and oxygen atoms in total. The first-order valence-corrected chi connectivity index (χ1v) is 5.34. The molecule has 1 fully saturated rings. The highest BCUT2D eigenvalue weighted by molar-refractivity contribution is 4.70. The molecule has 1 aliphatic carbocycles. The first-order valence-electron chi connectivity index (χ1n) is 5.34. The van der Waals surface area contributed by atoms with Gasteiger partial charge in [-0.3, -0.25) is 0 Å². The van der Waals surface area contributed by atoms with E-state index in [0.717, 1.165) is 25.0 Å². The predicted octanol–water partition coefficient (Wildman–Crippen LogP) is 2.48. The minimum absolute atomic E-state index is 0.771. The van der Waals surface area contributed by atoms with Crippen molar-refractivity contribution >= 4 is 0 Å². The quantitative estimate of drug-likeness (QED) is 0.628. The summed E-state index contributed by atoms with van der Waals surface area (Å²) in [6.45, 7) is 1.86. The summed E-state index contributed by atoms with van der Waals surface area (Å²) >= 11 is 0. The molecule has 0 amide bonds. The molecule has 78 valence electrons. The molecule has 0 aromatic rings.